The Labute approximate surface area is 179 Å². The number of benzene rings is 3. The molecule has 4 rings (SSSR count). The number of hydrogen-bond donors (Lipinski definition) is 1. The van der Waals surface area contributed by atoms with E-state index in [1.807, 2.05) is 43.3 Å². The first-order chi connectivity index (χ1) is 14.5. The Kier molecular flexibility index (Phi) is 5.50. The molecular formula is C23H19ClN4O2. The smallest absolute Gasteiger partial charge is 0.295 e. The fourth-order valence-electron chi connectivity index (χ4n) is 3.03. The Bertz CT molecular complexity index is 1200. The summed E-state index contributed by atoms with van der Waals surface area (Å²) in [5.41, 5.74) is 3.29. The Balaban J connectivity index is 1.74. The number of amides is 1. The molecule has 0 aliphatic carbocycles. The van der Waals surface area contributed by atoms with Gasteiger partial charge in [0.25, 0.3) is 5.91 Å². The van der Waals surface area contributed by atoms with Crippen molar-refractivity contribution in [3.63, 3.8) is 0 Å². The standard InChI is InChI=1S/C23H19ClN4O2/c1-15-5-3-6-16(13-15)22-26-21(27-28(22)19-11-9-17(24)10-12-19)23(29)25-18-7-4-8-20(14-18)30-2/h3-14H,1-2H3,(H,25,29). The number of ether oxygens (including phenoxy) is 1. The van der Waals surface area contributed by atoms with E-state index in [0.29, 0.717) is 22.3 Å². The first kappa shape index (κ1) is 19.7. The molecule has 0 fully saturated rings. The number of carbonyl (C=O) groups excluding carboxylic acids is 1. The molecule has 3 aromatic carbocycles. The van der Waals surface area contributed by atoms with Gasteiger partial charge in [-0.15, -0.1) is 5.10 Å². The van der Waals surface area contributed by atoms with Crippen molar-refractivity contribution in [2.24, 2.45) is 0 Å². The third kappa shape index (κ3) is 4.18. The maximum atomic E-state index is 12.9. The molecule has 1 heterocycles. The number of nitrogens with one attached hydrogen (secondary N) is 1. The Morgan fingerprint density at radius 2 is 1.80 bits per heavy atom. The van der Waals surface area contributed by atoms with Crippen molar-refractivity contribution in [3.8, 4) is 22.8 Å². The van der Waals surface area contributed by atoms with Crippen molar-refractivity contribution in [2.45, 2.75) is 6.92 Å². The maximum absolute atomic E-state index is 12.9. The molecule has 150 valence electrons. The minimum absolute atomic E-state index is 0.0595. The average Bonchev–Trinajstić information content (AvgIpc) is 3.20. The molecule has 6 nitrogen and oxygen atoms in total. The van der Waals surface area contributed by atoms with Crippen molar-refractivity contribution in [1.82, 2.24) is 14.8 Å². The van der Waals surface area contributed by atoms with Crippen LogP contribution in [0.15, 0.2) is 72.8 Å². The predicted molar refractivity (Wildman–Crippen MR) is 117 cm³/mol. The Hall–Kier alpha value is -3.64. The molecule has 0 aliphatic heterocycles. The van der Waals surface area contributed by atoms with Crippen LogP contribution in [0.25, 0.3) is 17.1 Å². The van der Waals surface area contributed by atoms with Crippen LogP contribution in [0.1, 0.15) is 16.2 Å². The molecule has 0 atom stereocenters. The van der Waals surface area contributed by atoms with Gasteiger partial charge < -0.3 is 10.1 Å². The predicted octanol–water partition coefficient (Wildman–Crippen LogP) is 5.16. The van der Waals surface area contributed by atoms with Gasteiger partial charge in [0.05, 0.1) is 12.8 Å². The lowest BCUT2D eigenvalue weighted by Crippen LogP contribution is -2.14. The zero-order valence-electron chi connectivity index (χ0n) is 16.5. The number of aryl methyl sites for hydroxylation is 1. The Morgan fingerprint density at radius 1 is 1.03 bits per heavy atom. The largest absolute Gasteiger partial charge is 0.497 e. The van der Waals surface area contributed by atoms with E-state index in [1.54, 1.807) is 48.2 Å². The van der Waals surface area contributed by atoms with Gasteiger partial charge in [0.1, 0.15) is 5.75 Å². The van der Waals surface area contributed by atoms with Crippen molar-refractivity contribution in [1.29, 1.82) is 0 Å². The van der Waals surface area contributed by atoms with Crippen LogP contribution in [0.5, 0.6) is 5.75 Å². The third-order valence-corrected chi connectivity index (χ3v) is 4.74. The summed E-state index contributed by atoms with van der Waals surface area (Å²) in [7, 11) is 1.57. The van der Waals surface area contributed by atoms with E-state index in [0.717, 1.165) is 16.8 Å². The second-order valence-electron chi connectivity index (χ2n) is 6.70. The van der Waals surface area contributed by atoms with Crippen LogP contribution in [-0.2, 0) is 0 Å². The number of carbonyl (C=O) groups is 1. The highest BCUT2D eigenvalue weighted by Crippen LogP contribution is 2.24. The molecule has 1 amide bonds. The van der Waals surface area contributed by atoms with E-state index >= 15 is 0 Å². The SMILES string of the molecule is COc1cccc(NC(=O)c2nc(-c3cccc(C)c3)n(-c3ccc(Cl)cc3)n2)c1. The zero-order valence-corrected chi connectivity index (χ0v) is 17.2. The van der Waals surface area contributed by atoms with Crippen LogP contribution in [0.2, 0.25) is 5.02 Å². The normalized spacial score (nSPS) is 10.6. The summed E-state index contributed by atoms with van der Waals surface area (Å²) in [6, 6.07) is 22.2. The lowest BCUT2D eigenvalue weighted by molar-refractivity contribution is 0.101. The summed E-state index contributed by atoms with van der Waals surface area (Å²) in [4.78, 5) is 17.4. The number of rotatable bonds is 5. The highest BCUT2D eigenvalue weighted by molar-refractivity contribution is 6.30. The van der Waals surface area contributed by atoms with Crippen molar-refractivity contribution < 1.29 is 9.53 Å². The van der Waals surface area contributed by atoms with Gasteiger partial charge in [0.15, 0.2) is 5.82 Å². The lowest BCUT2D eigenvalue weighted by atomic mass is 10.1. The fraction of sp³-hybridized carbons (Fsp3) is 0.0870. The van der Waals surface area contributed by atoms with Crippen LogP contribution in [0.4, 0.5) is 5.69 Å². The van der Waals surface area contributed by atoms with E-state index in [4.69, 9.17) is 16.3 Å². The summed E-state index contributed by atoms with van der Waals surface area (Å²) < 4.78 is 6.85. The van der Waals surface area contributed by atoms with Gasteiger partial charge >= 0.3 is 0 Å². The minimum atomic E-state index is -0.412. The summed E-state index contributed by atoms with van der Waals surface area (Å²) >= 11 is 6.03. The topological polar surface area (TPSA) is 69.0 Å². The van der Waals surface area contributed by atoms with Crippen LogP contribution in [-0.4, -0.2) is 27.8 Å². The summed E-state index contributed by atoms with van der Waals surface area (Å²) in [5, 5.41) is 7.91. The monoisotopic (exact) mass is 418 g/mol. The lowest BCUT2D eigenvalue weighted by Gasteiger charge is -2.06. The number of nitrogens with zero attached hydrogens (tertiary/aromatic N) is 3. The quantitative estimate of drug-likeness (QED) is 0.486. The molecule has 1 N–H and O–H groups in total. The number of hydrogen-bond acceptors (Lipinski definition) is 4. The second-order valence-corrected chi connectivity index (χ2v) is 7.14. The van der Waals surface area contributed by atoms with Gasteiger partial charge in [-0.2, -0.15) is 0 Å². The first-order valence-corrected chi connectivity index (χ1v) is 9.67. The van der Waals surface area contributed by atoms with E-state index in [-0.39, 0.29) is 5.82 Å². The molecule has 0 radical (unpaired) electrons. The zero-order chi connectivity index (χ0) is 21.1. The van der Waals surface area contributed by atoms with E-state index < -0.39 is 5.91 Å². The van der Waals surface area contributed by atoms with Gasteiger partial charge in [-0.25, -0.2) is 9.67 Å². The molecule has 0 unspecified atom stereocenters. The molecular weight excluding hydrogens is 400 g/mol. The van der Waals surface area contributed by atoms with Gasteiger partial charge in [0, 0.05) is 22.3 Å². The summed E-state index contributed by atoms with van der Waals surface area (Å²) in [6.45, 7) is 2.00. The van der Waals surface area contributed by atoms with Gasteiger partial charge in [-0.1, -0.05) is 41.4 Å². The van der Waals surface area contributed by atoms with Crippen LogP contribution in [0, 0.1) is 6.92 Å². The number of halogens is 1. The molecule has 4 aromatic rings. The maximum Gasteiger partial charge on any atom is 0.295 e. The van der Waals surface area contributed by atoms with Crippen LogP contribution < -0.4 is 10.1 Å². The fourth-order valence-corrected chi connectivity index (χ4v) is 3.16. The average molecular weight is 419 g/mol. The molecule has 30 heavy (non-hydrogen) atoms. The molecule has 0 bridgehead atoms. The van der Waals surface area contributed by atoms with Crippen molar-refractivity contribution in [3.05, 3.63) is 89.2 Å². The van der Waals surface area contributed by atoms with E-state index in [9.17, 15) is 4.79 Å². The molecule has 0 spiro atoms. The van der Waals surface area contributed by atoms with Crippen molar-refractivity contribution in [2.75, 3.05) is 12.4 Å². The Morgan fingerprint density at radius 3 is 2.53 bits per heavy atom. The van der Waals surface area contributed by atoms with E-state index in [2.05, 4.69) is 15.4 Å². The van der Waals surface area contributed by atoms with Crippen LogP contribution in [0.3, 0.4) is 0 Å². The molecule has 0 saturated carbocycles. The summed E-state index contributed by atoms with van der Waals surface area (Å²) in [5.74, 6) is 0.860. The molecule has 0 saturated heterocycles. The van der Waals surface area contributed by atoms with E-state index in [1.165, 1.54) is 0 Å². The number of methoxy groups -OCH3 is 1. The molecule has 1 aromatic heterocycles. The van der Waals surface area contributed by atoms with Gasteiger partial charge in [-0.05, 0) is 49.4 Å². The third-order valence-electron chi connectivity index (χ3n) is 4.49. The van der Waals surface area contributed by atoms with Crippen LogP contribution >= 0.6 is 11.6 Å². The highest BCUT2D eigenvalue weighted by Gasteiger charge is 2.19. The minimum Gasteiger partial charge on any atom is -0.497 e. The number of aromatic nitrogens is 3. The first-order valence-electron chi connectivity index (χ1n) is 9.29. The molecule has 7 heteroatoms. The summed E-state index contributed by atoms with van der Waals surface area (Å²) in [6.07, 6.45) is 0. The van der Waals surface area contributed by atoms with Gasteiger partial charge in [0.2, 0.25) is 5.82 Å². The highest BCUT2D eigenvalue weighted by atomic mass is 35.5. The molecule has 0 aliphatic rings. The van der Waals surface area contributed by atoms with Gasteiger partial charge in [-0.3, -0.25) is 4.79 Å². The second kappa shape index (κ2) is 8.39. The number of anilines is 1. The van der Waals surface area contributed by atoms with Crippen molar-refractivity contribution >= 4 is 23.2 Å².